The molecule has 0 saturated heterocycles. The lowest BCUT2D eigenvalue weighted by Gasteiger charge is -2.18. The van der Waals surface area contributed by atoms with Gasteiger partial charge in [-0.05, 0) is 25.0 Å². The van der Waals surface area contributed by atoms with Gasteiger partial charge >= 0.3 is 5.97 Å². The fraction of sp³-hybridized carbons (Fsp3) is 0.565. The molecule has 1 fully saturated rings. The van der Waals surface area contributed by atoms with E-state index in [4.69, 9.17) is 9.78 Å². The third-order valence-electron chi connectivity index (χ3n) is 5.52. The van der Waals surface area contributed by atoms with E-state index in [-0.39, 0.29) is 0 Å². The minimum Gasteiger partial charge on any atom is -0.292 e. The molecule has 2 rings (SSSR count). The van der Waals surface area contributed by atoms with Crippen LogP contribution in [0.5, 0.6) is 0 Å². The summed E-state index contributed by atoms with van der Waals surface area (Å²) in [6.07, 6.45) is 14.0. The van der Waals surface area contributed by atoms with Gasteiger partial charge in [0.25, 0.3) is 0 Å². The summed E-state index contributed by atoms with van der Waals surface area (Å²) in [7, 11) is -1.61. The van der Waals surface area contributed by atoms with Crippen molar-refractivity contribution in [3.63, 3.8) is 0 Å². The molecule has 0 atom stereocenters. The number of carbonyl (C=O) groups excluding carboxylic acids is 1. The van der Waals surface area contributed by atoms with Crippen LogP contribution in [0.25, 0.3) is 0 Å². The maximum atomic E-state index is 12.3. The van der Waals surface area contributed by atoms with Crippen LogP contribution in [0.2, 0.25) is 13.1 Å². The lowest BCUT2D eigenvalue weighted by Crippen LogP contribution is -2.39. The molecular formula is C23H35O3Si. The Labute approximate surface area is 166 Å². The van der Waals surface area contributed by atoms with E-state index in [0.29, 0.717) is 5.56 Å². The fourth-order valence-corrected chi connectivity index (χ4v) is 4.65. The normalized spacial score (nSPS) is 18.1. The van der Waals surface area contributed by atoms with Gasteiger partial charge < -0.3 is 0 Å². The van der Waals surface area contributed by atoms with E-state index in [1.165, 1.54) is 50.1 Å². The maximum Gasteiger partial charge on any atom is 0.373 e. The van der Waals surface area contributed by atoms with Gasteiger partial charge in [-0.15, -0.1) is 6.58 Å². The number of hydrogen-bond acceptors (Lipinski definition) is 3. The highest BCUT2D eigenvalue weighted by atomic mass is 28.3. The molecule has 0 spiro atoms. The van der Waals surface area contributed by atoms with Gasteiger partial charge in [0, 0.05) is 0 Å². The molecular weight excluding hydrogens is 352 g/mol. The summed E-state index contributed by atoms with van der Waals surface area (Å²) in [5.41, 5.74) is 2.57. The van der Waals surface area contributed by atoms with Crippen molar-refractivity contribution in [1.82, 2.24) is 0 Å². The minimum atomic E-state index is -1.61. The molecule has 27 heavy (non-hydrogen) atoms. The molecule has 1 aromatic rings. The summed E-state index contributed by atoms with van der Waals surface area (Å²) < 4.78 is 0. The summed E-state index contributed by atoms with van der Waals surface area (Å²) in [4.78, 5) is 23.0. The molecule has 149 valence electrons. The molecule has 0 aromatic heterocycles. The summed E-state index contributed by atoms with van der Waals surface area (Å²) in [5, 5.41) is 1.25. The highest BCUT2D eigenvalue weighted by Crippen LogP contribution is 2.24. The second-order valence-electron chi connectivity index (χ2n) is 8.18. The standard InChI is InChI=1S/C23H35O3Si/c1-4-27(2,3)22-18-16-20(17-19-22)23(24)26-25-21-14-12-10-8-6-5-7-9-11-13-15-21/h4,16-19H,1,5-15H2,2-3H3. The summed E-state index contributed by atoms with van der Waals surface area (Å²) in [5.74, 6) is -0.418. The monoisotopic (exact) mass is 387 g/mol. The minimum absolute atomic E-state index is 0.418. The zero-order chi connectivity index (χ0) is 19.5. The van der Waals surface area contributed by atoms with Crippen molar-refractivity contribution < 1.29 is 14.6 Å². The summed E-state index contributed by atoms with van der Waals surface area (Å²) >= 11 is 0. The first-order valence-corrected chi connectivity index (χ1v) is 13.6. The molecule has 1 aromatic carbocycles. The van der Waals surface area contributed by atoms with Gasteiger partial charge in [0.1, 0.15) is 14.2 Å². The van der Waals surface area contributed by atoms with Gasteiger partial charge in [-0.3, -0.25) is 4.89 Å². The van der Waals surface area contributed by atoms with Gasteiger partial charge in [-0.25, -0.2) is 4.79 Å². The first-order chi connectivity index (χ1) is 13.0. The summed E-state index contributed by atoms with van der Waals surface area (Å²) in [6.45, 7) is 8.40. The predicted molar refractivity (Wildman–Crippen MR) is 114 cm³/mol. The molecule has 1 aliphatic carbocycles. The highest BCUT2D eigenvalue weighted by molar-refractivity contribution is 6.93. The average Bonchev–Trinajstić information content (AvgIpc) is 2.67. The van der Waals surface area contributed by atoms with E-state index < -0.39 is 14.0 Å². The van der Waals surface area contributed by atoms with Crippen molar-refractivity contribution in [3.05, 3.63) is 48.2 Å². The Kier molecular flexibility index (Phi) is 9.29. The fourth-order valence-electron chi connectivity index (χ4n) is 3.39. The second-order valence-corrected chi connectivity index (χ2v) is 12.6. The average molecular weight is 388 g/mol. The number of hydrogen-bond donors (Lipinski definition) is 0. The first-order valence-electron chi connectivity index (χ1n) is 10.5. The molecule has 1 radical (unpaired) electrons. The van der Waals surface area contributed by atoms with Crippen molar-refractivity contribution in [1.29, 1.82) is 0 Å². The third-order valence-corrected chi connectivity index (χ3v) is 8.36. The molecule has 4 heteroatoms. The van der Waals surface area contributed by atoms with Gasteiger partial charge in [0.2, 0.25) is 0 Å². The molecule has 3 nitrogen and oxygen atoms in total. The van der Waals surface area contributed by atoms with E-state index in [2.05, 4.69) is 19.7 Å². The van der Waals surface area contributed by atoms with E-state index in [1.807, 2.05) is 30.0 Å². The van der Waals surface area contributed by atoms with Gasteiger partial charge in [-0.1, -0.05) is 93.9 Å². The molecule has 0 amide bonds. The van der Waals surface area contributed by atoms with Crippen LogP contribution in [0.3, 0.4) is 0 Å². The lowest BCUT2D eigenvalue weighted by atomic mass is 9.99. The molecule has 0 aliphatic heterocycles. The molecule has 1 aliphatic rings. The molecule has 0 N–H and O–H groups in total. The van der Waals surface area contributed by atoms with Crippen LogP contribution in [0, 0.1) is 6.10 Å². The number of rotatable bonds is 5. The van der Waals surface area contributed by atoms with Crippen molar-refractivity contribution in [2.24, 2.45) is 0 Å². The Balaban J connectivity index is 1.85. The second kappa shape index (κ2) is 11.5. The van der Waals surface area contributed by atoms with Crippen LogP contribution in [0.15, 0.2) is 36.5 Å². The van der Waals surface area contributed by atoms with Gasteiger partial charge in [-0.2, -0.15) is 4.89 Å². The van der Waals surface area contributed by atoms with Crippen LogP contribution in [-0.4, -0.2) is 14.0 Å². The van der Waals surface area contributed by atoms with Crippen LogP contribution < -0.4 is 5.19 Å². The number of carbonyl (C=O) groups is 1. The topological polar surface area (TPSA) is 35.5 Å². The van der Waals surface area contributed by atoms with E-state index in [9.17, 15) is 4.79 Å². The van der Waals surface area contributed by atoms with Crippen LogP contribution in [0.1, 0.15) is 81.0 Å². The molecule has 0 unspecified atom stereocenters. The van der Waals surface area contributed by atoms with Gasteiger partial charge in [0.05, 0.1) is 5.56 Å². The van der Waals surface area contributed by atoms with Crippen LogP contribution in [0.4, 0.5) is 0 Å². The van der Waals surface area contributed by atoms with Crippen LogP contribution in [-0.2, 0) is 9.78 Å². The molecule has 1 saturated carbocycles. The van der Waals surface area contributed by atoms with E-state index in [0.717, 1.165) is 31.8 Å². The quantitative estimate of drug-likeness (QED) is 0.340. The van der Waals surface area contributed by atoms with E-state index in [1.54, 1.807) is 0 Å². The Morgan fingerprint density at radius 2 is 1.37 bits per heavy atom. The van der Waals surface area contributed by atoms with Crippen molar-refractivity contribution >= 4 is 19.2 Å². The predicted octanol–water partition coefficient (Wildman–Crippen LogP) is 6.25. The molecule has 0 heterocycles. The van der Waals surface area contributed by atoms with Crippen molar-refractivity contribution in [2.45, 2.75) is 83.7 Å². The third kappa shape index (κ3) is 7.63. The van der Waals surface area contributed by atoms with Gasteiger partial charge in [0.15, 0.2) is 0 Å². The SMILES string of the molecule is C=C[Si](C)(C)c1ccc(C(=O)OO[C]2CCCCCCCCCCC2)cc1. The Hall–Kier alpha value is -1.39. The van der Waals surface area contributed by atoms with Crippen molar-refractivity contribution in [2.75, 3.05) is 0 Å². The zero-order valence-corrected chi connectivity index (χ0v) is 18.1. The van der Waals surface area contributed by atoms with E-state index >= 15 is 0 Å². The summed E-state index contributed by atoms with van der Waals surface area (Å²) in [6, 6.07) is 7.66. The lowest BCUT2D eigenvalue weighted by molar-refractivity contribution is -0.237. The Morgan fingerprint density at radius 3 is 1.85 bits per heavy atom. The molecule has 0 bridgehead atoms. The smallest absolute Gasteiger partial charge is 0.292 e. The Morgan fingerprint density at radius 1 is 0.889 bits per heavy atom. The Bertz CT molecular complexity index is 568. The highest BCUT2D eigenvalue weighted by Gasteiger charge is 2.20. The zero-order valence-electron chi connectivity index (χ0n) is 17.1. The first kappa shape index (κ1) is 21.9. The maximum absolute atomic E-state index is 12.3. The van der Waals surface area contributed by atoms with Crippen molar-refractivity contribution in [3.8, 4) is 0 Å². The number of benzene rings is 1. The van der Waals surface area contributed by atoms with Crippen LogP contribution >= 0.6 is 0 Å². The largest absolute Gasteiger partial charge is 0.373 e.